The molecule has 2 aromatic rings. The van der Waals surface area contributed by atoms with Gasteiger partial charge in [-0.3, -0.25) is 4.79 Å². The molecule has 4 rings (SSSR count). The first-order chi connectivity index (χ1) is 16.0. The number of anilines is 1. The Hall–Kier alpha value is -2.67. The quantitative estimate of drug-likeness (QED) is 0.627. The van der Waals surface area contributed by atoms with E-state index in [1.165, 1.54) is 25.0 Å². The number of likely N-dealkylation sites (tertiary alicyclic amines) is 1. The van der Waals surface area contributed by atoms with Crippen LogP contribution in [-0.4, -0.2) is 60.7 Å². The first-order valence-electron chi connectivity index (χ1n) is 12.1. The number of hydrogen-bond donors (Lipinski definition) is 1. The predicted octanol–water partition coefficient (Wildman–Crippen LogP) is 3.66. The SMILES string of the molecule is CC(C)Oc1ccc(CC(CN2CCCC2)NC(=O)[C@@H]2CCN(c3ccc(F)cc3)C2)cn1. The highest BCUT2D eigenvalue weighted by atomic mass is 19.1. The molecule has 0 saturated carbocycles. The smallest absolute Gasteiger partial charge is 0.225 e. The van der Waals surface area contributed by atoms with Gasteiger partial charge in [-0.05, 0) is 82.4 Å². The number of halogens is 1. The number of benzene rings is 1. The molecular weight excluding hydrogens is 419 g/mol. The molecule has 0 spiro atoms. The Morgan fingerprint density at radius 2 is 1.91 bits per heavy atom. The lowest BCUT2D eigenvalue weighted by Gasteiger charge is -2.26. The molecule has 178 valence electrons. The number of carbonyl (C=O) groups is 1. The monoisotopic (exact) mass is 454 g/mol. The minimum Gasteiger partial charge on any atom is -0.475 e. The third-order valence-electron chi connectivity index (χ3n) is 6.41. The van der Waals surface area contributed by atoms with Gasteiger partial charge < -0.3 is 19.9 Å². The average Bonchev–Trinajstić information content (AvgIpc) is 3.48. The van der Waals surface area contributed by atoms with E-state index in [2.05, 4.69) is 20.1 Å². The fraction of sp³-hybridized carbons (Fsp3) is 0.538. The van der Waals surface area contributed by atoms with Gasteiger partial charge >= 0.3 is 0 Å². The van der Waals surface area contributed by atoms with Gasteiger partial charge in [-0.25, -0.2) is 9.37 Å². The highest BCUT2D eigenvalue weighted by Crippen LogP contribution is 2.24. The highest BCUT2D eigenvalue weighted by molar-refractivity contribution is 5.80. The lowest BCUT2D eigenvalue weighted by molar-refractivity contribution is -0.125. The zero-order valence-corrected chi connectivity index (χ0v) is 19.7. The fourth-order valence-corrected chi connectivity index (χ4v) is 4.75. The Morgan fingerprint density at radius 3 is 2.58 bits per heavy atom. The minimum atomic E-state index is -0.240. The van der Waals surface area contributed by atoms with Gasteiger partial charge in [-0.15, -0.1) is 0 Å². The van der Waals surface area contributed by atoms with Crippen LogP contribution in [0.5, 0.6) is 5.88 Å². The summed E-state index contributed by atoms with van der Waals surface area (Å²) in [5.74, 6) is 0.434. The van der Waals surface area contributed by atoms with Crippen molar-refractivity contribution in [2.75, 3.05) is 37.6 Å². The van der Waals surface area contributed by atoms with E-state index in [4.69, 9.17) is 4.74 Å². The van der Waals surface area contributed by atoms with E-state index in [9.17, 15) is 9.18 Å². The zero-order valence-electron chi connectivity index (χ0n) is 19.7. The van der Waals surface area contributed by atoms with Gasteiger partial charge in [0.2, 0.25) is 11.8 Å². The van der Waals surface area contributed by atoms with Crippen LogP contribution in [0.2, 0.25) is 0 Å². The molecule has 2 aliphatic heterocycles. The van der Waals surface area contributed by atoms with Crippen LogP contribution in [0.4, 0.5) is 10.1 Å². The molecule has 3 heterocycles. The summed E-state index contributed by atoms with van der Waals surface area (Å²) in [6, 6.07) is 10.5. The molecule has 0 bridgehead atoms. The molecule has 2 aliphatic rings. The van der Waals surface area contributed by atoms with Crippen LogP contribution in [-0.2, 0) is 11.2 Å². The van der Waals surface area contributed by atoms with Gasteiger partial charge in [0.05, 0.1) is 12.0 Å². The number of aromatic nitrogens is 1. The summed E-state index contributed by atoms with van der Waals surface area (Å²) in [6.45, 7) is 8.47. The first kappa shape index (κ1) is 23.5. The van der Waals surface area contributed by atoms with Gasteiger partial charge in [0.15, 0.2) is 0 Å². The molecule has 1 aromatic carbocycles. The third kappa shape index (κ3) is 6.67. The van der Waals surface area contributed by atoms with Crippen LogP contribution in [0, 0.1) is 11.7 Å². The number of nitrogens with one attached hydrogen (secondary N) is 1. The van der Waals surface area contributed by atoms with Crippen LogP contribution in [0.15, 0.2) is 42.6 Å². The summed E-state index contributed by atoms with van der Waals surface area (Å²) < 4.78 is 18.9. The molecule has 1 amide bonds. The normalized spacial score (nSPS) is 19.8. The van der Waals surface area contributed by atoms with Crippen molar-refractivity contribution in [1.82, 2.24) is 15.2 Å². The summed E-state index contributed by atoms with van der Waals surface area (Å²) >= 11 is 0. The topological polar surface area (TPSA) is 57.7 Å². The number of ether oxygens (including phenoxy) is 1. The van der Waals surface area contributed by atoms with Gasteiger partial charge in [0.25, 0.3) is 0 Å². The van der Waals surface area contributed by atoms with Gasteiger partial charge in [0, 0.05) is 43.6 Å². The molecule has 33 heavy (non-hydrogen) atoms. The Kier molecular flexibility index (Phi) is 7.81. The summed E-state index contributed by atoms with van der Waals surface area (Å²) in [5, 5.41) is 3.34. The van der Waals surface area contributed by atoms with Crippen molar-refractivity contribution in [2.45, 2.75) is 51.7 Å². The molecule has 2 saturated heterocycles. The van der Waals surface area contributed by atoms with Crippen LogP contribution in [0.3, 0.4) is 0 Å². The lowest BCUT2D eigenvalue weighted by atomic mass is 10.0. The lowest BCUT2D eigenvalue weighted by Crippen LogP contribution is -2.46. The van der Waals surface area contributed by atoms with Gasteiger partial charge in [0.1, 0.15) is 5.82 Å². The third-order valence-corrected chi connectivity index (χ3v) is 6.41. The Labute approximate surface area is 196 Å². The van der Waals surface area contributed by atoms with E-state index in [1.807, 2.05) is 32.2 Å². The Morgan fingerprint density at radius 1 is 1.15 bits per heavy atom. The molecule has 7 heteroatoms. The molecule has 1 unspecified atom stereocenters. The van der Waals surface area contributed by atoms with Crippen molar-refractivity contribution in [3.8, 4) is 5.88 Å². The molecule has 1 N–H and O–H groups in total. The van der Waals surface area contributed by atoms with Crippen molar-refractivity contribution in [3.63, 3.8) is 0 Å². The van der Waals surface area contributed by atoms with E-state index < -0.39 is 0 Å². The summed E-state index contributed by atoms with van der Waals surface area (Å²) in [4.78, 5) is 22.2. The fourth-order valence-electron chi connectivity index (χ4n) is 4.75. The van der Waals surface area contributed by atoms with Gasteiger partial charge in [-0.1, -0.05) is 6.07 Å². The average molecular weight is 455 g/mol. The van der Waals surface area contributed by atoms with Crippen molar-refractivity contribution in [3.05, 3.63) is 54.0 Å². The largest absolute Gasteiger partial charge is 0.475 e. The summed E-state index contributed by atoms with van der Waals surface area (Å²) in [7, 11) is 0. The second-order valence-electron chi connectivity index (χ2n) is 9.50. The van der Waals surface area contributed by atoms with Crippen molar-refractivity contribution < 1.29 is 13.9 Å². The Balaban J connectivity index is 1.37. The second-order valence-corrected chi connectivity index (χ2v) is 9.50. The summed E-state index contributed by atoms with van der Waals surface area (Å²) in [5.41, 5.74) is 2.06. The molecule has 0 aliphatic carbocycles. The van der Waals surface area contributed by atoms with E-state index in [1.54, 1.807) is 12.1 Å². The number of pyridine rings is 1. The number of rotatable bonds is 9. The molecule has 0 radical (unpaired) electrons. The van der Waals surface area contributed by atoms with E-state index in [0.717, 1.165) is 50.3 Å². The van der Waals surface area contributed by atoms with Crippen molar-refractivity contribution >= 4 is 11.6 Å². The first-order valence-corrected chi connectivity index (χ1v) is 12.1. The van der Waals surface area contributed by atoms with Crippen LogP contribution in [0.1, 0.15) is 38.7 Å². The molecule has 1 aromatic heterocycles. The van der Waals surface area contributed by atoms with E-state index in [0.29, 0.717) is 12.4 Å². The number of amides is 1. The molecule has 2 fully saturated rings. The maximum atomic E-state index is 13.2. The molecule has 6 nitrogen and oxygen atoms in total. The van der Waals surface area contributed by atoms with Gasteiger partial charge in [-0.2, -0.15) is 0 Å². The van der Waals surface area contributed by atoms with Crippen LogP contribution < -0.4 is 15.0 Å². The number of nitrogens with zero attached hydrogens (tertiary/aromatic N) is 3. The highest BCUT2D eigenvalue weighted by Gasteiger charge is 2.30. The number of hydrogen-bond acceptors (Lipinski definition) is 5. The maximum Gasteiger partial charge on any atom is 0.225 e. The van der Waals surface area contributed by atoms with Crippen molar-refractivity contribution in [2.24, 2.45) is 5.92 Å². The minimum absolute atomic E-state index is 0.0362. The Bertz CT molecular complexity index is 898. The second kappa shape index (κ2) is 11.0. The van der Waals surface area contributed by atoms with E-state index in [-0.39, 0.29) is 29.8 Å². The standard InChI is InChI=1S/C26H35FN4O2/c1-19(2)33-25-10-5-20(16-28-25)15-23(18-30-12-3-4-13-30)29-26(32)21-11-14-31(17-21)24-8-6-22(27)7-9-24/h5-10,16,19,21,23H,3-4,11-15,17-18H2,1-2H3,(H,29,32)/t21-,23?/m1/s1. The molecule has 2 atom stereocenters. The zero-order chi connectivity index (χ0) is 23.2. The van der Waals surface area contributed by atoms with Crippen LogP contribution >= 0.6 is 0 Å². The number of carbonyl (C=O) groups excluding carboxylic acids is 1. The maximum absolute atomic E-state index is 13.2. The van der Waals surface area contributed by atoms with E-state index >= 15 is 0 Å². The van der Waals surface area contributed by atoms with Crippen molar-refractivity contribution in [1.29, 1.82) is 0 Å². The summed E-state index contributed by atoms with van der Waals surface area (Å²) in [6.07, 6.45) is 5.93. The molecular formula is C26H35FN4O2. The predicted molar refractivity (Wildman–Crippen MR) is 128 cm³/mol. The van der Waals surface area contributed by atoms with Crippen LogP contribution in [0.25, 0.3) is 0 Å².